The van der Waals surface area contributed by atoms with Crippen LogP contribution >= 0.6 is 0 Å². The Morgan fingerprint density at radius 3 is 2.16 bits per heavy atom. The molecule has 1 aliphatic rings. The van der Waals surface area contributed by atoms with Crippen molar-refractivity contribution in [3.05, 3.63) is 0 Å². The third-order valence-corrected chi connectivity index (χ3v) is 4.73. The molecule has 0 aliphatic heterocycles. The minimum absolute atomic E-state index is 0.276. The van der Waals surface area contributed by atoms with Gasteiger partial charge < -0.3 is 15.3 Å². The number of aliphatic hydroxyl groups excluding tert-OH is 1. The van der Waals surface area contributed by atoms with Gasteiger partial charge in [-0.1, -0.05) is 20.8 Å². The summed E-state index contributed by atoms with van der Waals surface area (Å²) >= 11 is 0. The van der Waals surface area contributed by atoms with Crippen molar-refractivity contribution in [1.82, 2.24) is 10.2 Å². The number of rotatable bonds is 6. The van der Waals surface area contributed by atoms with Crippen LogP contribution in [0.2, 0.25) is 0 Å². The smallest absolute Gasteiger partial charge is 0.0587 e. The third-order valence-electron chi connectivity index (χ3n) is 4.73. The zero-order chi connectivity index (χ0) is 14.5. The zero-order valence-electron chi connectivity index (χ0n) is 13.6. The molecule has 0 bridgehead atoms. The number of hydrogen-bond acceptors (Lipinski definition) is 3. The lowest BCUT2D eigenvalue weighted by atomic mass is 9.68. The van der Waals surface area contributed by atoms with Crippen molar-refractivity contribution in [1.29, 1.82) is 0 Å². The Hall–Kier alpha value is -0.120. The molecule has 2 N–H and O–H groups in total. The molecule has 1 fully saturated rings. The van der Waals surface area contributed by atoms with Gasteiger partial charge in [-0.25, -0.2) is 0 Å². The van der Waals surface area contributed by atoms with Gasteiger partial charge in [0.15, 0.2) is 0 Å². The van der Waals surface area contributed by atoms with Gasteiger partial charge in [-0.05, 0) is 57.0 Å². The van der Waals surface area contributed by atoms with Crippen LogP contribution in [0.15, 0.2) is 0 Å². The maximum absolute atomic E-state index is 9.59. The molecule has 0 aromatic carbocycles. The second kappa shape index (κ2) is 7.61. The highest BCUT2D eigenvalue weighted by atomic mass is 16.3. The lowest BCUT2D eigenvalue weighted by Gasteiger charge is -2.39. The van der Waals surface area contributed by atoms with Crippen LogP contribution in [0.5, 0.6) is 0 Å². The predicted octanol–water partition coefficient (Wildman–Crippen LogP) is 2.35. The van der Waals surface area contributed by atoms with Crippen molar-refractivity contribution < 1.29 is 5.11 Å². The van der Waals surface area contributed by atoms with Gasteiger partial charge in [-0.2, -0.15) is 0 Å². The van der Waals surface area contributed by atoms with Crippen LogP contribution in [0.25, 0.3) is 0 Å². The molecule has 1 unspecified atom stereocenters. The fraction of sp³-hybridized carbons (Fsp3) is 1.00. The highest BCUT2D eigenvalue weighted by molar-refractivity contribution is 4.85. The summed E-state index contributed by atoms with van der Waals surface area (Å²) in [5.74, 6) is 1.51. The first-order valence-corrected chi connectivity index (χ1v) is 7.83. The van der Waals surface area contributed by atoms with Crippen molar-refractivity contribution in [3.63, 3.8) is 0 Å². The molecule has 0 aromatic heterocycles. The Labute approximate surface area is 119 Å². The minimum Gasteiger partial charge on any atom is -0.395 e. The van der Waals surface area contributed by atoms with Crippen molar-refractivity contribution in [2.45, 2.75) is 52.5 Å². The quantitative estimate of drug-likeness (QED) is 0.778. The van der Waals surface area contributed by atoms with Crippen LogP contribution in [0.3, 0.4) is 0 Å². The molecule has 3 heteroatoms. The minimum atomic E-state index is 0.276. The van der Waals surface area contributed by atoms with E-state index in [-0.39, 0.29) is 6.61 Å². The predicted molar refractivity (Wildman–Crippen MR) is 82.3 cm³/mol. The summed E-state index contributed by atoms with van der Waals surface area (Å²) in [5, 5.41) is 13.1. The van der Waals surface area contributed by atoms with E-state index >= 15 is 0 Å². The van der Waals surface area contributed by atoms with Crippen molar-refractivity contribution in [3.8, 4) is 0 Å². The van der Waals surface area contributed by atoms with Crippen LogP contribution < -0.4 is 5.32 Å². The number of nitrogens with one attached hydrogen (secondary N) is 1. The highest BCUT2D eigenvalue weighted by Gasteiger charge is 2.32. The Balaban J connectivity index is 2.35. The molecule has 3 nitrogen and oxygen atoms in total. The normalized spacial score (nSPS) is 26.7. The van der Waals surface area contributed by atoms with Crippen LogP contribution in [0.4, 0.5) is 0 Å². The molecule has 19 heavy (non-hydrogen) atoms. The number of hydrogen-bond donors (Lipinski definition) is 2. The van der Waals surface area contributed by atoms with E-state index < -0.39 is 0 Å². The SMILES string of the molecule is CN(C)CCNC(CO)C1CCC(C(C)(C)C)CC1. The van der Waals surface area contributed by atoms with Gasteiger partial charge in [-0.3, -0.25) is 0 Å². The van der Waals surface area contributed by atoms with E-state index in [4.69, 9.17) is 0 Å². The van der Waals surface area contributed by atoms with Gasteiger partial charge in [0.25, 0.3) is 0 Å². The van der Waals surface area contributed by atoms with Gasteiger partial charge in [-0.15, -0.1) is 0 Å². The summed E-state index contributed by atoms with van der Waals surface area (Å²) in [6.07, 6.45) is 5.17. The van der Waals surface area contributed by atoms with Gasteiger partial charge in [0.05, 0.1) is 6.61 Å². The summed E-state index contributed by atoms with van der Waals surface area (Å²) < 4.78 is 0. The molecular weight excluding hydrogens is 236 g/mol. The van der Waals surface area contributed by atoms with E-state index in [0.29, 0.717) is 17.4 Å². The molecule has 0 amide bonds. The van der Waals surface area contributed by atoms with Crippen LogP contribution in [-0.2, 0) is 0 Å². The average Bonchev–Trinajstić information content (AvgIpc) is 2.33. The average molecular weight is 270 g/mol. The van der Waals surface area contributed by atoms with Crippen molar-refractivity contribution in [2.24, 2.45) is 17.3 Å². The van der Waals surface area contributed by atoms with Gasteiger partial charge >= 0.3 is 0 Å². The zero-order valence-corrected chi connectivity index (χ0v) is 13.6. The first-order valence-electron chi connectivity index (χ1n) is 7.83. The summed E-state index contributed by atoms with van der Waals surface area (Å²) in [7, 11) is 4.17. The number of aliphatic hydroxyl groups is 1. The molecule has 114 valence electrons. The number of nitrogens with zero attached hydrogens (tertiary/aromatic N) is 1. The largest absolute Gasteiger partial charge is 0.395 e. The standard InChI is InChI=1S/C16H34N2O/c1-16(2,3)14-8-6-13(7-9-14)15(12-19)17-10-11-18(4)5/h13-15,17,19H,6-12H2,1-5H3. The Morgan fingerprint density at radius 2 is 1.74 bits per heavy atom. The van der Waals surface area contributed by atoms with Crippen molar-refractivity contribution >= 4 is 0 Å². The number of likely N-dealkylation sites (N-methyl/N-ethyl adjacent to an activating group) is 1. The van der Waals surface area contributed by atoms with Crippen LogP contribution in [0.1, 0.15) is 46.5 Å². The summed E-state index contributed by atoms with van der Waals surface area (Å²) in [5.41, 5.74) is 0.442. The monoisotopic (exact) mass is 270 g/mol. The fourth-order valence-electron chi connectivity index (χ4n) is 3.24. The lowest BCUT2D eigenvalue weighted by molar-refractivity contribution is 0.110. The first kappa shape index (κ1) is 16.9. The lowest BCUT2D eigenvalue weighted by Crippen LogP contribution is -2.44. The molecule has 0 heterocycles. The molecule has 0 aromatic rings. The van der Waals surface area contributed by atoms with E-state index in [1.54, 1.807) is 0 Å². The summed E-state index contributed by atoms with van der Waals surface area (Å²) in [6.45, 7) is 9.36. The maximum Gasteiger partial charge on any atom is 0.0587 e. The Kier molecular flexibility index (Phi) is 6.78. The molecular formula is C16H34N2O. The van der Waals surface area contributed by atoms with E-state index in [2.05, 4.69) is 45.1 Å². The van der Waals surface area contributed by atoms with Gasteiger partial charge in [0, 0.05) is 19.1 Å². The van der Waals surface area contributed by atoms with Crippen LogP contribution in [-0.4, -0.2) is 49.8 Å². The Bertz CT molecular complexity index is 240. The Morgan fingerprint density at radius 1 is 1.16 bits per heavy atom. The van der Waals surface area contributed by atoms with Crippen LogP contribution in [0, 0.1) is 17.3 Å². The second-order valence-corrected chi connectivity index (χ2v) is 7.52. The first-order chi connectivity index (χ1) is 8.84. The van der Waals surface area contributed by atoms with Gasteiger partial charge in [0.1, 0.15) is 0 Å². The fourth-order valence-corrected chi connectivity index (χ4v) is 3.24. The molecule has 0 radical (unpaired) electrons. The van der Waals surface area contributed by atoms with E-state index in [1.807, 2.05) is 0 Å². The maximum atomic E-state index is 9.59. The molecule has 0 saturated heterocycles. The molecule has 0 spiro atoms. The third kappa shape index (κ3) is 5.80. The molecule has 1 aliphatic carbocycles. The highest BCUT2D eigenvalue weighted by Crippen LogP contribution is 2.40. The summed E-state index contributed by atoms with van der Waals surface area (Å²) in [6, 6.07) is 0.292. The molecule has 1 rings (SSSR count). The summed E-state index contributed by atoms with van der Waals surface area (Å²) in [4.78, 5) is 2.18. The van der Waals surface area contributed by atoms with E-state index in [9.17, 15) is 5.11 Å². The topological polar surface area (TPSA) is 35.5 Å². The molecule has 1 atom stereocenters. The second-order valence-electron chi connectivity index (χ2n) is 7.52. The van der Waals surface area contributed by atoms with Crippen molar-refractivity contribution in [2.75, 3.05) is 33.8 Å². The van der Waals surface area contributed by atoms with Gasteiger partial charge in [0.2, 0.25) is 0 Å². The van der Waals surface area contributed by atoms with E-state index in [1.165, 1.54) is 25.7 Å². The molecule has 1 saturated carbocycles. The van der Waals surface area contributed by atoms with E-state index in [0.717, 1.165) is 19.0 Å².